The Morgan fingerprint density at radius 2 is 2.05 bits per heavy atom. The van der Waals surface area contributed by atoms with E-state index < -0.39 is 11.5 Å². The fourth-order valence-corrected chi connectivity index (χ4v) is 3.57. The van der Waals surface area contributed by atoms with Gasteiger partial charge >= 0.3 is 12.0 Å². The zero-order valence-electron chi connectivity index (χ0n) is 11.6. The molecule has 1 saturated heterocycles. The number of amides is 2. The number of hydrogen-bond acceptors (Lipinski definition) is 3. The fourth-order valence-electron chi connectivity index (χ4n) is 2.84. The number of nitrogens with one attached hydrogen (secondary N) is 1. The maximum atomic E-state index is 12.3. The zero-order valence-corrected chi connectivity index (χ0v) is 12.4. The summed E-state index contributed by atoms with van der Waals surface area (Å²) in [4.78, 5) is 25.3. The minimum absolute atomic E-state index is 0.202. The predicted octanol–water partition coefficient (Wildman–Crippen LogP) is 1.92. The second-order valence-corrected chi connectivity index (χ2v) is 6.77. The van der Waals surface area contributed by atoms with Crippen molar-refractivity contribution in [2.24, 2.45) is 0 Å². The first-order valence-electron chi connectivity index (χ1n) is 6.84. The summed E-state index contributed by atoms with van der Waals surface area (Å²) >= 11 is 1.79. The van der Waals surface area contributed by atoms with Gasteiger partial charge in [-0.3, -0.25) is 0 Å². The number of nitrogens with zero attached hydrogens (tertiary/aromatic N) is 1. The van der Waals surface area contributed by atoms with Crippen LogP contribution in [0.3, 0.4) is 0 Å². The molecule has 1 aliphatic carbocycles. The third-order valence-electron chi connectivity index (χ3n) is 4.52. The summed E-state index contributed by atoms with van der Waals surface area (Å²) in [5, 5.41) is 12.4. The van der Waals surface area contributed by atoms with E-state index in [9.17, 15) is 14.7 Å². The Hall–Kier alpha value is -0.910. The number of rotatable bonds is 5. The van der Waals surface area contributed by atoms with Gasteiger partial charge in [0, 0.05) is 17.8 Å². The van der Waals surface area contributed by atoms with Gasteiger partial charge in [-0.25, -0.2) is 9.59 Å². The van der Waals surface area contributed by atoms with Crippen LogP contribution in [0, 0.1) is 0 Å². The molecule has 0 radical (unpaired) electrons. The molecule has 2 aliphatic rings. The molecule has 2 fully saturated rings. The Morgan fingerprint density at radius 3 is 2.53 bits per heavy atom. The summed E-state index contributed by atoms with van der Waals surface area (Å²) in [7, 11) is 0. The highest BCUT2D eigenvalue weighted by Crippen LogP contribution is 2.46. The fraction of sp³-hybridized carbons (Fsp3) is 0.846. The van der Waals surface area contributed by atoms with Gasteiger partial charge < -0.3 is 15.3 Å². The monoisotopic (exact) mass is 286 g/mol. The molecule has 1 aliphatic heterocycles. The van der Waals surface area contributed by atoms with Crippen LogP contribution in [0.5, 0.6) is 0 Å². The number of carboxylic acid groups (broad SMARTS) is 1. The average Bonchev–Trinajstić information content (AvgIpc) is 3.05. The van der Waals surface area contributed by atoms with Crippen LogP contribution in [0.25, 0.3) is 0 Å². The molecule has 2 rings (SSSR count). The summed E-state index contributed by atoms with van der Waals surface area (Å²) in [6, 6.07) is -0.220. The molecule has 5 nitrogen and oxygen atoms in total. The van der Waals surface area contributed by atoms with E-state index in [-0.39, 0.29) is 10.8 Å². The number of carbonyl (C=O) groups is 2. The first-order chi connectivity index (χ1) is 8.99. The quantitative estimate of drug-likeness (QED) is 0.810. The number of carbonyl (C=O) groups excluding carboxylic acids is 1. The van der Waals surface area contributed by atoms with Crippen molar-refractivity contribution in [1.82, 2.24) is 10.2 Å². The van der Waals surface area contributed by atoms with Gasteiger partial charge in [-0.2, -0.15) is 11.8 Å². The molecule has 2 N–H and O–H groups in total. The van der Waals surface area contributed by atoms with Crippen LogP contribution in [0.2, 0.25) is 0 Å². The molecule has 2 amide bonds. The molecule has 0 aromatic carbocycles. The number of aliphatic carboxylic acids is 1. The lowest BCUT2D eigenvalue weighted by atomic mass is 9.93. The van der Waals surface area contributed by atoms with Crippen molar-refractivity contribution in [3.05, 3.63) is 0 Å². The smallest absolute Gasteiger partial charge is 0.329 e. The first-order valence-corrected chi connectivity index (χ1v) is 8.06. The number of urea groups is 1. The maximum Gasteiger partial charge on any atom is 0.329 e. The Labute approximate surface area is 118 Å². The zero-order chi connectivity index (χ0) is 14.1. The van der Waals surface area contributed by atoms with Gasteiger partial charge in [0.05, 0.1) is 0 Å². The molecule has 19 heavy (non-hydrogen) atoms. The highest BCUT2D eigenvalue weighted by atomic mass is 32.2. The standard InChI is InChI=1S/C13H22N2O3S/c1-3-13(10(16)17)5-4-8-15(13)11(18)14-9-12(19-2)6-7-12/h3-9H2,1-2H3,(H,14,18)(H,16,17). The van der Waals surface area contributed by atoms with E-state index in [1.165, 1.54) is 4.90 Å². The second kappa shape index (κ2) is 5.23. The van der Waals surface area contributed by atoms with Gasteiger partial charge in [-0.05, 0) is 38.4 Å². The van der Waals surface area contributed by atoms with E-state index in [2.05, 4.69) is 11.6 Å². The molecule has 0 aromatic heterocycles. The van der Waals surface area contributed by atoms with Gasteiger partial charge in [-0.15, -0.1) is 0 Å². The molecule has 6 heteroatoms. The van der Waals surface area contributed by atoms with Gasteiger partial charge in [0.15, 0.2) is 0 Å². The average molecular weight is 286 g/mol. The first kappa shape index (κ1) is 14.5. The Balaban J connectivity index is 1.99. The van der Waals surface area contributed by atoms with Crippen molar-refractivity contribution in [2.75, 3.05) is 19.3 Å². The maximum absolute atomic E-state index is 12.3. The van der Waals surface area contributed by atoms with Crippen molar-refractivity contribution in [2.45, 2.75) is 49.3 Å². The lowest BCUT2D eigenvalue weighted by Crippen LogP contribution is -2.56. The molecule has 108 valence electrons. The number of likely N-dealkylation sites (tertiary alicyclic amines) is 1. The molecule has 0 bridgehead atoms. The third-order valence-corrected chi connectivity index (χ3v) is 5.94. The van der Waals surface area contributed by atoms with Gasteiger partial charge in [0.1, 0.15) is 5.54 Å². The van der Waals surface area contributed by atoms with Crippen LogP contribution in [0.1, 0.15) is 39.0 Å². The lowest BCUT2D eigenvalue weighted by molar-refractivity contribution is -0.148. The van der Waals surface area contributed by atoms with E-state index in [1.54, 1.807) is 11.8 Å². The summed E-state index contributed by atoms with van der Waals surface area (Å²) < 4.78 is 0.202. The Kier molecular flexibility index (Phi) is 3.99. The normalized spacial score (nSPS) is 28.2. The van der Waals surface area contributed by atoms with E-state index in [1.807, 2.05) is 6.92 Å². The van der Waals surface area contributed by atoms with Crippen molar-refractivity contribution < 1.29 is 14.7 Å². The summed E-state index contributed by atoms with van der Waals surface area (Å²) in [6.45, 7) is 3.02. The van der Waals surface area contributed by atoms with Gasteiger partial charge in [0.2, 0.25) is 0 Å². The molecule has 0 aromatic rings. The van der Waals surface area contributed by atoms with E-state index >= 15 is 0 Å². The lowest BCUT2D eigenvalue weighted by Gasteiger charge is -2.34. The number of hydrogen-bond donors (Lipinski definition) is 2. The molecular weight excluding hydrogens is 264 g/mol. The second-order valence-electron chi connectivity index (χ2n) is 5.49. The number of thioether (sulfide) groups is 1. The van der Waals surface area contributed by atoms with E-state index in [4.69, 9.17) is 0 Å². The van der Waals surface area contributed by atoms with E-state index in [0.29, 0.717) is 25.9 Å². The van der Waals surface area contributed by atoms with Crippen molar-refractivity contribution in [1.29, 1.82) is 0 Å². The number of carboxylic acids is 1. The molecule has 0 spiro atoms. The van der Waals surface area contributed by atoms with Crippen LogP contribution >= 0.6 is 11.8 Å². The van der Waals surface area contributed by atoms with Crippen LogP contribution in [0.15, 0.2) is 0 Å². The third kappa shape index (κ3) is 2.55. The Morgan fingerprint density at radius 1 is 1.37 bits per heavy atom. The molecule has 1 heterocycles. The van der Waals surface area contributed by atoms with Crippen molar-refractivity contribution >= 4 is 23.8 Å². The minimum Gasteiger partial charge on any atom is -0.479 e. The topological polar surface area (TPSA) is 69.6 Å². The molecule has 1 atom stereocenters. The van der Waals surface area contributed by atoms with Gasteiger partial charge in [0.25, 0.3) is 0 Å². The van der Waals surface area contributed by atoms with Crippen LogP contribution in [0.4, 0.5) is 4.79 Å². The summed E-state index contributed by atoms with van der Waals surface area (Å²) in [5.41, 5.74) is -1.000. The minimum atomic E-state index is -1.000. The van der Waals surface area contributed by atoms with Crippen molar-refractivity contribution in [3.8, 4) is 0 Å². The van der Waals surface area contributed by atoms with Crippen LogP contribution in [-0.4, -0.2) is 51.6 Å². The molecular formula is C13H22N2O3S. The SMILES string of the molecule is CCC1(C(=O)O)CCCN1C(=O)NCC1(SC)CC1. The van der Waals surface area contributed by atoms with Crippen molar-refractivity contribution in [3.63, 3.8) is 0 Å². The highest BCUT2D eigenvalue weighted by molar-refractivity contribution is 8.00. The largest absolute Gasteiger partial charge is 0.479 e. The Bertz CT molecular complexity index is 384. The predicted molar refractivity (Wildman–Crippen MR) is 75.5 cm³/mol. The van der Waals surface area contributed by atoms with E-state index in [0.717, 1.165) is 19.3 Å². The van der Waals surface area contributed by atoms with Crippen LogP contribution in [-0.2, 0) is 4.79 Å². The highest BCUT2D eigenvalue weighted by Gasteiger charge is 2.49. The molecule has 1 saturated carbocycles. The summed E-state index contributed by atoms with van der Waals surface area (Å²) in [6.07, 6.45) is 6.10. The van der Waals surface area contributed by atoms with Crippen LogP contribution < -0.4 is 5.32 Å². The summed E-state index contributed by atoms with van der Waals surface area (Å²) in [5.74, 6) is -0.881. The van der Waals surface area contributed by atoms with Gasteiger partial charge in [-0.1, -0.05) is 6.92 Å². The molecule has 1 unspecified atom stereocenters.